The second-order valence-corrected chi connectivity index (χ2v) is 7.79. The second kappa shape index (κ2) is 6.32. The molecule has 1 saturated heterocycles. The van der Waals surface area contributed by atoms with E-state index in [1.54, 1.807) is 4.90 Å². The van der Waals surface area contributed by atoms with Crippen molar-refractivity contribution in [1.29, 1.82) is 0 Å². The summed E-state index contributed by atoms with van der Waals surface area (Å²) in [7, 11) is 1.25. The van der Waals surface area contributed by atoms with Crippen LogP contribution in [0, 0.1) is 11.7 Å². The highest BCUT2D eigenvalue weighted by Gasteiger charge is 2.25. The topological polar surface area (TPSA) is 54.5 Å². The van der Waals surface area contributed by atoms with Crippen molar-refractivity contribution in [1.82, 2.24) is 4.90 Å². The van der Waals surface area contributed by atoms with Gasteiger partial charge in [-0.3, -0.25) is 4.79 Å². The lowest BCUT2D eigenvalue weighted by molar-refractivity contribution is 0.0684. The molecule has 1 amide bonds. The molecule has 1 heterocycles. The Morgan fingerprint density at radius 2 is 2.00 bits per heavy atom. The van der Waals surface area contributed by atoms with Gasteiger partial charge in [0.25, 0.3) is 15.0 Å². The highest BCUT2D eigenvalue weighted by atomic mass is 35.7. The van der Waals surface area contributed by atoms with E-state index in [2.05, 4.69) is 6.92 Å². The molecule has 0 N–H and O–H groups in total. The lowest BCUT2D eigenvalue weighted by Gasteiger charge is -2.31. The van der Waals surface area contributed by atoms with E-state index in [1.165, 1.54) is 0 Å². The van der Waals surface area contributed by atoms with E-state index in [0.717, 1.165) is 37.5 Å². The fourth-order valence-electron chi connectivity index (χ4n) is 2.53. The van der Waals surface area contributed by atoms with Crippen LogP contribution in [0.1, 0.15) is 36.5 Å². The van der Waals surface area contributed by atoms with E-state index < -0.39 is 20.8 Å². The molecule has 4 nitrogen and oxygen atoms in total. The fourth-order valence-corrected chi connectivity index (χ4v) is 3.31. The Bertz CT molecular complexity index is 640. The molecule has 0 saturated carbocycles. The van der Waals surface area contributed by atoms with Crippen LogP contribution in [-0.4, -0.2) is 32.3 Å². The van der Waals surface area contributed by atoms with Crippen LogP contribution in [0.5, 0.6) is 0 Å². The predicted molar refractivity (Wildman–Crippen MR) is 78.4 cm³/mol. The quantitative estimate of drug-likeness (QED) is 0.799. The van der Waals surface area contributed by atoms with E-state index in [-0.39, 0.29) is 10.5 Å². The molecule has 0 spiro atoms. The number of benzene rings is 1. The van der Waals surface area contributed by atoms with Gasteiger partial charge in [-0.15, -0.1) is 0 Å². The highest BCUT2D eigenvalue weighted by molar-refractivity contribution is 8.13. The molecular weight excluding hydrogens is 317 g/mol. The summed E-state index contributed by atoms with van der Waals surface area (Å²) in [6, 6.07) is 3.02. The number of carbonyl (C=O) groups excluding carboxylic acids is 1. The van der Waals surface area contributed by atoms with Crippen LogP contribution in [0.3, 0.4) is 0 Å². The molecule has 1 fully saturated rings. The molecule has 0 radical (unpaired) electrons. The van der Waals surface area contributed by atoms with Crippen molar-refractivity contribution in [2.45, 2.75) is 31.1 Å². The molecule has 1 aliphatic heterocycles. The van der Waals surface area contributed by atoms with Gasteiger partial charge in [0.2, 0.25) is 0 Å². The van der Waals surface area contributed by atoms with Gasteiger partial charge in [-0.2, -0.15) is 0 Å². The molecular formula is C14H17ClFNO3S. The third-order valence-electron chi connectivity index (χ3n) is 3.93. The van der Waals surface area contributed by atoms with Gasteiger partial charge in [0.15, 0.2) is 0 Å². The molecule has 7 heteroatoms. The van der Waals surface area contributed by atoms with Crippen molar-refractivity contribution in [3.8, 4) is 0 Å². The third kappa shape index (κ3) is 3.74. The monoisotopic (exact) mass is 333 g/mol. The first-order valence-electron chi connectivity index (χ1n) is 6.86. The number of carbonyl (C=O) groups is 1. The van der Waals surface area contributed by atoms with Crippen molar-refractivity contribution < 1.29 is 17.6 Å². The van der Waals surface area contributed by atoms with Gasteiger partial charge in [0, 0.05) is 23.8 Å². The van der Waals surface area contributed by atoms with Crippen molar-refractivity contribution in [2.75, 3.05) is 13.1 Å². The zero-order chi connectivity index (χ0) is 15.6. The van der Waals surface area contributed by atoms with Crippen molar-refractivity contribution >= 4 is 25.6 Å². The lowest BCUT2D eigenvalue weighted by atomic mass is 9.94. The Morgan fingerprint density at radius 3 is 2.52 bits per heavy atom. The summed E-state index contributed by atoms with van der Waals surface area (Å²) in [5, 5.41) is 0. The van der Waals surface area contributed by atoms with Gasteiger partial charge in [-0.05, 0) is 37.0 Å². The fraction of sp³-hybridized carbons (Fsp3) is 0.500. The zero-order valence-electron chi connectivity index (χ0n) is 11.7. The smallest absolute Gasteiger partial charge is 0.261 e. The Kier molecular flexibility index (Phi) is 4.88. The molecule has 1 aliphatic rings. The van der Waals surface area contributed by atoms with Gasteiger partial charge >= 0.3 is 0 Å². The Balaban J connectivity index is 2.23. The number of hydrogen-bond donors (Lipinski definition) is 0. The minimum absolute atomic E-state index is 0.244. The molecule has 0 atom stereocenters. The molecule has 1 aromatic carbocycles. The van der Waals surface area contributed by atoms with Crippen molar-refractivity contribution in [2.24, 2.45) is 5.92 Å². The Morgan fingerprint density at radius 1 is 1.38 bits per heavy atom. The maximum Gasteiger partial charge on any atom is 0.261 e. The summed E-state index contributed by atoms with van der Waals surface area (Å²) in [4.78, 5) is 13.6. The summed E-state index contributed by atoms with van der Waals surface area (Å²) >= 11 is 0. The van der Waals surface area contributed by atoms with Crippen LogP contribution in [-0.2, 0) is 9.05 Å². The predicted octanol–water partition coefficient (Wildman–Crippen LogP) is 3.02. The molecule has 21 heavy (non-hydrogen) atoms. The summed E-state index contributed by atoms with van der Waals surface area (Å²) in [6.07, 6.45) is 2.84. The van der Waals surface area contributed by atoms with E-state index in [1.807, 2.05) is 0 Å². The summed E-state index contributed by atoms with van der Waals surface area (Å²) in [5.74, 6) is -0.626. The number of likely N-dealkylation sites (tertiary alicyclic amines) is 1. The first kappa shape index (κ1) is 16.2. The third-order valence-corrected chi connectivity index (χ3v) is 5.28. The number of halogens is 2. The summed E-state index contributed by atoms with van der Waals surface area (Å²) in [5.41, 5.74) is -0.244. The van der Waals surface area contributed by atoms with Gasteiger partial charge in [-0.1, -0.05) is 13.3 Å². The first-order chi connectivity index (χ1) is 9.82. The van der Waals surface area contributed by atoms with Crippen LogP contribution in [0.15, 0.2) is 23.1 Å². The molecule has 0 unspecified atom stereocenters. The van der Waals surface area contributed by atoms with Crippen molar-refractivity contribution in [3.63, 3.8) is 0 Å². The summed E-state index contributed by atoms with van der Waals surface area (Å²) < 4.78 is 36.4. The molecule has 1 aromatic rings. The number of amides is 1. The largest absolute Gasteiger partial charge is 0.339 e. The van der Waals surface area contributed by atoms with Crippen LogP contribution in [0.4, 0.5) is 4.39 Å². The Labute approximate surface area is 128 Å². The number of rotatable bonds is 3. The second-order valence-electron chi connectivity index (χ2n) is 5.22. The SMILES string of the molecule is CCC1CCN(C(=O)c2cc(S(=O)(=O)Cl)ccc2F)CC1. The summed E-state index contributed by atoms with van der Waals surface area (Å²) in [6.45, 7) is 3.24. The minimum atomic E-state index is -3.98. The van der Waals surface area contributed by atoms with Gasteiger partial charge in [-0.25, -0.2) is 12.8 Å². The van der Waals surface area contributed by atoms with E-state index in [9.17, 15) is 17.6 Å². The van der Waals surface area contributed by atoms with Crippen LogP contribution in [0.25, 0.3) is 0 Å². The number of hydrogen-bond acceptors (Lipinski definition) is 3. The lowest BCUT2D eigenvalue weighted by Crippen LogP contribution is -2.38. The molecule has 2 rings (SSSR count). The minimum Gasteiger partial charge on any atom is -0.339 e. The zero-order valence-corrected chi connectivity index (χ0v) is 13.3. The van der Waals surface area contributed by atoms with Gasteiger partial charge < -0.3 is 4.90 Å². The maximum atomic E-state index is 13.8. The van der Waals surface area contributed by atoms with Gasteiger partial charge in [0.1, 0.15) is 5.82 Å². The van der Waals surface area contributed by atoms with E-state index >= 15 is 0 Å². The maximum absolute atomic E-state index is 13.8. The van der Waals surface area contributed by atoms with E-state index in [0.29, 0.717) is 19.0 Å². The first-order valence-corrected chi connectivity index (χ1v) is 9.17. The molecule has 0 aromatic heterocycles. The van der Waals surface area contributed by atoms with E-state index in [4.69, 9.17) is 10.7 Å². The molecule has 0 aliphatic carbocycles. The normalized spacial score (nSPS) is 17.0. The molecule has 0 bridgehead atoms. The number of piperidine rings is 1. The van der Waals surface area contributed by atoms with Crippen LogP contribution < -0.4 is 0 Å². The Hall–Kier alpha value is -1.14. The molecule has 116 valence electrons. The average molecular weight is 334 g/mol. The van der Waals surface area contributed by atoms with Crippen molar-refractivity contribution in [3.05, 3.63) is 29.6 Å². The van der Waals surface area contributed by atoms with Crippen LogP contribution in [0.2, 0.25) is 0 Å². The standard InChI is InChI=1S/C14H17ClFNO3S/c1-2-10-5-7-17(8-6-10)14(18)12-9-11(21(15,19)20)3-4-13(12)16/h3-4,9-10H,2,5-8H2,1H3. The number of nitrogens with zero attached hydrogens (tertiary/aromatic N) is 1. The average Bonchev–Trinajstić information content (AvgIpc) is 2.46. The van der Waals surface area contributed by atoms with Gasteiger partial charge in [0.05, 0.1) is 10.5 Å². The van der Waals surface area contributed by atoms with Crippen LogP contribution >= 0.6 is 10.7 Å². The highest BCUT2D eigenvalue weighted by Crippen LogP contribution is 2.24.